The van der Waals surface area contributed by atoms with Gasteiger partial charge in [-0.1, -0.05) is 41.5 Å². The first-order chi connectivity index (χ1) is 18.2. The Balaban J connectivity index is 1.67. The lowest BCUT2D eigenvalue weighted by Crippen LogP contribution is -2.36. The molecule has 0 bridgehead atoms. The maximum atomic E-state index is 13.2. The molecule has 0 radical (unpaired) electrons. The molecule has 2 fully saturated rings. The van der Waals surface area contributed by atoms with Crippen molar-refractivity contribution in [1.29, 1.82) is 0 Å². The number of fused-ring (bicyclic) bond motifs is 1. The molecular formula is C28H47N5O5. The molecule has 4 rings (SSSR count). The summed E-state index contributed by atoms with van der Waals surface area (Å²) in [5.74, 6) is 1.77. The summed E-state index contributed by atoms with van der Waals surface area (Å²) in [6.45, 7) is 19.2. The van der Waals surface area contributed by atoms with Crippen LogP contribution in [0.5, 0.6) is 0 Å². The van der Waals surface area contributed by atoms with Crippen molar-refractivity contribution >= 4 is 17.0 Å². The van der Waals surface area contributed by atoms with Gasteiger partial charge < -0.3 is 28.8 Å². The van der Waals surface area contributed by atoms with Crippen LogP contribution in [0.1, 0.15) is 59.9 Å². The van der Waals surface area contributed by atoms with Crippen LogP contribution in [-0.2, 0) is 25.5 Å². The van der Waals surface area contributed by atoms with Crippen LogP contribution in [0.4, 0.5) is 5.95 Å². The Morgan fingerprint density at radius 3 is 2.53 bits per heavy atom. The van der Waals surface area contributed by atoms with Gasteiger partial charge in [0.2, 0.25) is 5.95 Å². The number of ether oxygens (including phenoxy) is 4. The van der Waals surface area contributed by atoms with Crippen molar-refractivity contribution in [1.82, 2.24) is 19.4 Å². The average Bonchev–Trinajstić information content (AvgIpc) is 3.42. The van der Waals surface area contributed by atoms with Crippen molar-refractivity contribution in [2.75, 3.05) is 58.0 Å². The van der Waals surface area contributed by atoms with Crippen molar-refractivity contribution in [3.63, 3.8) is 0 Å². The van der Waals surface area contributed by atoms with Crippen molar-refractivity contribution in [2.24, 2.45) is 17.8 Å². The zero-order chi connectivity index (χ0) is 27.2. The van der Waals surface area contributed by atoms with Crippen molar-refractivity contribution in [2.45, 2.75) is 72.9 Å². The Labute approximate surface area is 226 Å². The van der Waals surface area contributed by atoms with Gasteiger partial charge in [-0.15, -0.1) is 0 Å². The Morgan fingerprint density at radius 1 is 1.11 bits per heavy atom. The average molecular weight is 534 g/mol. The van der Waals surface area contributed by atoms with E-state index in [1.54, 1.807) is 0 Å². The van der Waals surface area contributed by atoms with E-state index in [0.29, 0.717) is 80.7 Å². The molecule has 10 nitrogen and oxygen atoms in total. The predicted octanol–water partition coefficient (Wildman–Crippen LogP) is 3.63. The highest BCUT2D eigenvalue weighted by Crippen LogP contribution is 2.35. The Morgan fingerprint density at radius 2 is 1.84 bits per heavy atom. The number of H-pyrrole nitrogens is 1. The van der Waals surface area contributed by atoms with E-state index >= 15 is 0 Å². The summed E-state index contributed by atoms with van der Waals surface area (Å²) in [5.41, 5.74) is 1.50. The molecule has 0 spiro atoms. The third kappa shape index (κ3) is 7.57. The lowest BCUT2D eigenvalue weighted by atomic mass is 10.1. The van der Waals surface area contributed by atoms with Gasteiger partial charge in [0, 0.05) is 51.5 Å². The molecule has 4 heterocycles. The third-order valence-corrected chi connectivity index (χ3v) is 6.80. The maximum absolute atomic E-state index is 13.2. The van der Waals surface area contributed by atoms with E-state index in [9.17, 15) is 4.79 Å². The number of rotatable bonds is 13. The van der Waals surface area contributed by atoms with Gasteiger partial charge in [0.25, 0.3) is 5.56 Å². The lowest BCUT2D eigenvalue weighted by Gasteiger charge is -2.28. The summed E-state index contributed by atoms with van der Waals surface area (Å²) in [5, 5.41) is 3.86. The highest BCUT2D eigenvalue weighted by molar-refractivity contribution is 5.77. The molecule has 10 heteroatoms. The zero-order valence-electron chi connectivity index (χ0n) is 24.0. The van der Waals surface area contributed by atoms with Crippen molar-refractivity contribution in [3.05, 3.63) is 22.1 Å². The van der Waals surface area contributed by atoms with Crippen molar-refractivity contribution < 1.29 is 18.9 Å². The number of anilines is 1. The van der Waals surface area contributed by atoms with Crippen LogP contribution >= 0.6 is 0 Å². The number of nitrogens with zero attached hydrogens (tertiary/aromatic N) is 3. The summed E-state index contributed by atoms with van der Waals surface area (Å²) in [7, 11) is 0. The summed E-state index contributed by atoms with van der Waals surface area (Å²) in [6.07, 6.45) is 0.0852. The predicted molar refractivity (Wildman–Crippen MR) is 149 cm³/mol. The van der Waals surface area contributed by atoms with Crippen LogP contribution in [0.2, 0.25) is 0 Å². The van der Waals surface area contributed by atoms with Gasteiger partial charge in [0.05, 0.1) is 31.3 Å². The van der Waals surface area contributed by atoms with E-state index in [1.165, 1.54) is 0 Å². The fourth-order valence-corrected chi connectivity index (χ4v) is 4.89. The fraction of sp³-hybridized carbons (Fsp3) is 0.786. The second-order valence-electron chi connectivity index (χ2n) is 11.9. The molecule has 214 valence electrons. The minimum atomic E-state index is -0.305. The first-order valence-electron chi connectivity index (χ1n) is 14.2. The fourth-order valence-electron chi connectivity index (χ4n) is 4.89. The molecule has 0 aromatic carbocycles. The standard InChI is InChI=1S/C28H47N5O5/c1-18(2)13-29-28-30-26-22(27(34)31-28)11-21(14-32-7-9-35-10-8-32)33(26)25-12-23(37-16-20(5)6)24(38-25)17-36-15-19(3)4/h11,18-20,23-25H,7-10,12-17H2,1-6H3,(H2,29,30,31,34)/t23-,24+,25+/m0/s1. The molecule has 3 atom stereocenters. The highest BCUT2D eigenvalue weighted by atomic mass is 16.6. The number of morpholine rings is 1. The number of aromatic nitrogens is 3. The first-order valence-corrected chi connectivity index (χ1v) is 14.2. The maximum Gasteiger partial charge on any atom is 0.261 e. The summed E-state index contributed by atoms with van der Waals surface area (Å²) in [4.78, 5) is 23.3. The molecule has 0 saturated carbocycles. The molecule has 38 heavy (non-hydrogen) atoms. The van der Waals surface area contributed by atoms with E-state index in [4.69, 9.17) is 23.9 Å². The largest absolute Gasteiger partial charge is 0.379 e. The smallest absolute Gasteiger partial charge is 0.261 e. The Kier molecular flexibility index (Phi) is 10.2. The Hall–Kier alpha value is -1.98. The Bertz CT molecular complexity index is 1080. The molecule has 2 N–H and O–H groups in total. The summed E-state index contributed by atoms with van der Waals surface area (Å²) in [6, 6.07) is 1.97. The van der Waals surface area contributed by atoms with Gasteiger partial charge in [-0.25, -0.2) is 0 Å². The number of hydrogen-bond acceptors (Lipinski definition) is 8. The molecule has 2 aliphatic rings. The van der Waals surface area contributed by atoms with Crippen molar-refractivity contribution in [3.8, 4) is 0 Å². The van der Waals surface area contributed by atoms with Crippen LogP contribution in [0.25, 0.3) is 11.0 Å². The van der Waals surface area contributed by atoms with Crippen LogP contribution in [0, 0.1) is 17.8 Å². The minimum absolute atomic E-state index is 0.0937. The lowest BCUT2D eigenvalue weighted by molar-refractivity contribution is -0.0820. The van der Waals surface area contributed by atoms with Crippen LogP contribution in [0.15, 0.2) is 10.9 Å². The number of hydrogen-bond donors (Lipinski definition) is 2. The summed E-state index contributed by atoms with van der Waals surface area (Å²) >= 11 is 0. The van der Waals surface area contributed by atoms with E-state index in [2.05, 4.69) is 61.3 Å². The van der Waals surface area contributed by atoms with Crippen LogP contribution in [-0.4, -0.2) is 84.3 Å². The van der Waals surface area contributed by atoms with E-state index < -0.39 is 0 Å². The van der Waals surface area contributed by atoms with E-state index in [-0.39, 0.29) is 24.0 Å². The molecule has 0 amide bonds. The monoisotopic (exact) mass is 533 g/mol. The molecule has 0 unspecified atom stereocenters. The SMILES string of the molecule is CC(C)CNc1nc2c(cc(CN3CCOCC3)n2[C@H]2C[C@H](OCC(C)C)[C@@H](COCC(C)C)O2)c(=O)[nH]1. The second kappa shape index (κ2) is 13.4. The molecule has 2 aromatic rings. The quantitative estimate of drug-likeness (QED) is 0.403. The molecule has 2 saturated heterocycles. The van der Waals surface area contributed by atoms with Gasteiger partial charge in [-0.05, 0) is 23.8 Å². The molecular weight excluding hydrogens is 486 g/mol. The first kappa shape index (κ1) is 29.0. The number of nitrogens with one attached hydrogen (secondary N) is 2. The molecule has 2 aromatic heterocycles. The van der Waals surface area contributed by atoms with Crippen LogP contribution in [0.3, 0.4) is 0 Å². The van der Waals surface area contributed by atoms with Gasteiger partial charge in [0.1, 0.15) is 12.3 Å². The molecule has 2 aliphatic heterocycles. The van der Waals surface area contributed by atoms with E-state index in [1.807, 2.05) is 6.07 Å². The van der Waals surface area contributed by atoms with Gasteiger partial charge in [0.15, 0.2) is 5.65 Å². The number of aromatic amines is 1. The minimum Gasteiger partial charge on any atom is -0.379 e. The topological polar surface area (TPSA) is 103 Å². The van der Waals surface area contributed by atoms with Gasteiger partial charge in [-0.3, -0.25) is 14.7 Å². The normalized spacial score (nSPS) is 22.9. The summed E-state index contributed by atoms with van der Waals surface area (Å²) < 4.78 is 26.6. The van der Waals surface area contributed by atoms with Crippen LogP contribution < -0.4 is 10.9 Å². The highest BCUT2D eigenvalue weighted by Gasteiger charge is 2.39. The van der Waals surface area contributed by atoms with E-state index in [0.717, 1.165) is 25.3 Å². The second-order valence-corrected chi connectivity index (χ2v) is 11.9. The zero-order valence-corrected chi connectivity index (χ0v) is 24.0. The third-order valence-electron chi connectivity index (χ3n) is 6.80. The van der Waals surface area contributed by atoms with Gasteiger partial charge >= 0.3 is 0 Å². The van der Waals surface area contributed by atoms with Gasteiger partial charge in [-0.2, -0.15) is 4.98 Å². The molecule has 0 aliphatic carbocycles.